The lowest BCUT2D eigenvalue weighted by Gasteiger charge is -2.25. The summed E-state index contributed by atoms with van der Waals surface area (Å²) in [6.07, 6.45) is 0. The number of esters is 1. The normalized spacial score (nSPS) is 31.2. The van der Waals surface area contributed by atoms with E-state index in [1.807, 2.05) is 29.6 Å². The molecule has 25 heavy (non-hydrogen) atoms. The third-order valence-electron chi connectivity index (χ3n) is 5.35. The fourth-order valence-electron chi connectivity index (χ4n) is 4.02. The van der Waals surface area contributed by atoms with E-state index in [1.54, 1.807) is 21.0 Å². The fraction of sp³-hybridized carbons (Fsp3) is 0.500. The lowest BCUT2D eigenvalue weighted by Crippen LogP contribution is -2.97. The van der Waals surface area contributed by atoms with Gasteiger partial charge < -0.3 is 14.8 Å². The Bertz CT molecular complexity index is 717. The van der Waals surface area contributed by atoms with Crippen molar-refractivity contribution in [3.8, 4) is 5.75 Å². The lowest BCUT2D eigenvalue weighted by atomic mass is 9.80. The summed E-state index contributed by atoms with van der Waals surface area (Å²) >= 11 is 0. The van der Waals surface area contributed by atoms with Gasteiger partial charge >= 0.3 is 5.97 Å². The van der Waals surface area contributed by atoms with Crippen LogP contribution < -0.4 is 10.1 Å². The highest BCUT2D eigenvalue weighted by atomic mass is 16.5. The first-order chi connectivity index (χ1) is 11.8. The maximum Gasteiger partial charge on any atom is 0.368 e. The molecule has 0 bridgehead atoms. The fourth-order valence-corrected chi connectivity index (χ4v) is 4.02. The summed E-state index contributed by atoms with van der Waals surface area (Å²) in [6.45, 7) is 3.64. The van der Waals surface area contributed by atoms with Crippen LogP contribution in [0.25, 0.3) is 0 Å². The van der Waals surface area contributed by atoms with Gasteiger partial charge in [0.15, 0.2) is 0 Å². The van der Waals surface area contributed by atoms with Crippen molar-refractivity contribution < 1.29 is 29.2 Å². The zero-order valence-corrected chi connectivity index (χ0v) is 14.8. The van der Waals surface area contributed by atoms with E-state index in [-0.39, 0.29) is 24.5 Å². The molecule has 7 nitrogen and oxygen atoms in total. The van der Waals surface area contributed by atoms with Gasteiger partial charge in [-0.1, -0.05) is 0 Å². The number of benzene rings is 1. The van der Waals surface area contributed by atoms with Crippen LogP contribution >= 0.6 is 0 Å². The number of fused-ring (bicyclic) bond motifs is 1. The molecule has 3 rings (SSSR count). The summed E-state index contributed by atoms with van der Waals surface area (Å²) in [5.41, 5.74) is -0.247. The Kier molecular flexibility index (Phi) is 4.28. The van der Waals surface area contributed by atoms with E-state index >= 15 is 0 Å². The minimum Gasteiger partial charge on any atom is -0.497 e. The number of nitrogens with two attached hydrogens (primary N) is 1. The van der Waals surface area contributed by atoms with E-state index in [2.05, 4.69) is 0 Å². The molecule has 0 radical (unpaired) electrons. The zero-order valence-electron chi connectivity index (χ0n) is 14.8. The van der Waals surface area contributed by atoms with Gasteiger partial charge in [0.2, 0.25) is 17.4 Å². The van der Waals surface area contributed by atoms with E-state index in [0.29, 0.717) is 5.75 Å². The van der Waals surface area contributed by atoms with Crippen molar-refractivity contribution in [3.05, 3.63) is 29.8 Å². The zero-order chi connectivity index (χ0) is 18.4. The number of ether oxygens (including phenoxy) is 2. The second-order valence-electron chi connectivity index (χ2n) is 6.71. The Balaban J connectivity index is 2.03. The van der Waals surface area contributed by atoms with Crippen LogP contribution in [0.3, 0.4) is 0 Å². The Morgan fingerprint density at radius 1 is 1.24 bits per heavy atom. The Hall–Kier alpha value is -2.41. The summed E-state index contributed by atoms with van der Waals surface area (Å²) in [4.78, 5) is 39.1. The summed E-state index contributed by atoms with van der Waals surface area (Å²) in [5, 5.41) is 1.81. The number of methoxy groups -OCH3 is 1. The molecular formula is C18H23N2O5+. The molecule has 2 aliphatic heterocycles. The topological polar surface area (TPSA) is 89.5 Å². The molecule has 2 amide bonds. The van der Waals surface area contributed by atoms with Crippen LogP contribution in [0.2, 0.25) is 0 Å². The predicted octanol–water partition coefficient (Wildman–Crippen LogP) is -0.134. The molecular weight excluding hydrogens is 324 g/mol. The average molecular weight is 347 g/mol. The molecule has 0 spiro atoms. The minimum absolute atomic E-state index is 0.227. The molecule has 1 aromatic rings. The quantitative estimate of drug-likeness (QED) is 0.605. The molecule has 2 N–H and O–H groups in total. The van der Waals surface area contributed by atoms with Gasteiger partial charge in [0.1, 0.15) is 23.6 Å². The minimum atomic E-state index is -1.12. The second kappa shape index (κ2) is 6.15. The Labute approximate surface area is 146 Å². The van der Waals surface area contributed by atoms with Gasteiger partial charge in [0.25, 0.3) is 0 Å². The number of hydrogen-bond donors (Lipinski definition) is 1. The van der Waals surface area contributed by atoms with Crippen LogP contribution in [0, 0.1) is 11.8 Å². The van der Waals surface area contributed by atoms with Crippen molar-refractivity contribution in [2.45, 2.75) is 25.4 Å². The molecule has 2 fully saturated rings. The van der Waals surface area contributed by atoms with Crippen molar-refractivity contribution >= 4 is 17.8 Å². The van der Waals surface area contributed by atoms with Crippen molar-refractivity contribution in [3.63, 3.8) is 0 Å². The number of nitrogens with zero attached hydrogens (tertiary/aromatic N) is 1. The second-order valence-corrected chi connectivity index (χ2v) is 6.71. The molecule has 0 unspecified atom stereocenters. The Morgan fingerprint density at radius 3 is 2.44 bits per heavy atom. The first-order valence-electron chi connectivity index (χ1n) is 8.33. The van der Waals surface area contributed by atoms with Gasteiger partial charge in [0.05, 0.1) is 13.7 Å². The molecule has 0 aromatic heterocycles. The third-order valence-corrected chi connectivity index (χ3v) is 5.35. The predicted molar refractivity (Wildman–Crippen MR) is 87.5 cm³/mol. The van der Waals surface area contributed by atoms with Crippen LogP contribution in [0.5, 0.6) is 5.75 Å². The SMILES string of the molecule is CCOC(=O)[C@]1(C)[NH2+][C@@H](c2ccc(OC)cc2)[C@H]2C(=O)N(C)C(=O)[C@@H]21. The number of imide groups is 1. The maximum absolute atomic E-state index is 12.7. The molecule has 1 aromatic carbocycles. The van der Waals surface area contributed by atoms with Gasteiger partial charge in [-0.2, -0.15) is 0 Å². The van der Waals surface area contributed by atoms with Gasteiger partial charge in [-0.3, -0.25) is 14.5 Å². The van der Waals surface area contributed by atoms with Crippen LogP contribution in [0.15, 0.2) is 24.3 Å². The van der Waals surface area contributed by atoms with Gasteiger partial charge in [-0.05, 0) is 31.2 Å². The smallest absolute Gasteiger partial charge is 0.368 e. The van der Waals surface area contributed by atoms with Gasteiger partial charge in [-0.25, -0.2) is 4.79 Å². The van der Waals surface area contributed by atoms with E-state index in [9.17, 15) is 14.4 Å². The highest BCUT2D eigenvalue weighted by molar-refractivity contribution is 6.08. The number of likely N-dealkylation sites (tertiary alicyclic amines) is 1. The average Bonchev–Trinajstić information content (AvgIpc) is 3.05. The molecule has 0 saturated carbocycles. The molecule has 0 aliphatic carbocycles. The van der Waals surface area contributed by atoms with Crippen LogP contribution in [-0.2, 0) is 19.1 Å². The van der Waals surface area contributed by atoms with Crippen LogP contribution in [-0.4, -0.2) is 49.0 Å². The molecule has 134 valence electrons. The number of quaternary nitrogens is 1. The van der Waals surface area contributed by atoms with E-state index in [0.717, 1.165) is 10.5 Å². The Morgan fingerprint density at radius 2 is 1.88 bits per heavy atom. The maximum atomic E-state index is 12.7. The molecule has 7 heteroatoms. The summed E-state index contributed by atoms with van der Waals surface area (Å²) in [7, 11) is 3.05. The largest absolute Gasteiger partial charge is 0.497 e. The summed E-state index contributed by atoms with van der Waals surface area (Å²) in [5.74, 6) is -1.63. The monoisotopic (exact) mass is 347 g/mol. The highest BCUT2D eigenvalue weighted by Gasteiger charge is 2.70. The van der Waals surface area contributed by atoms with Crippen molar-refractivity contribution in [2.24, 2.45) is 11.8 Å². The van der Waals surface area contributed by atoms with E-state index < -0.39 is 23.3 Å². The highest BCUT2D eigenvalue weighted by Crippen LogP contribution is 2.44. The molecule has 2 heterocycles. The van der Waals surface area contributed by atoms with E-state index in [1.165, 1.54) is 7.05 Å². The molecule has 4 atom stereocenters. The van der Waals surface area contributed by atoms with E-state index in [4.69, 9.17) is 9.47 Å². The summed E-state index contributed by atoms with van der Waals surface area (Å²) in [6, 6.07) is 7.02. The van der Waals surface area contributed by atoms with Crippen molar-refractivity contribution in [2.75, 3.05) is 20.8 Å². The number of rotatable bonds is 4. The lowest BCUT2D eigenvalue weighted by molar-refractivity contribution is -0.731. The number of carbonyl (C=O) groups is 3. The number of hydrogen-bond acceptors (Lipinski definition) is 5. The van der Waals surface area contributed by atoms with Crippen molar-refractivity contribution in [1.82, 2.24) is 4.90 Å². The summed E-state index contributed by atoms with van der Waals surface area (Å²) < 4.78 is 10.4. The van der Waals surface area contributed by atoms with Crippen molar-refractivity contribution in [1.29, 1.82) is 0 Å². The van der Waals surface area contributed by atoms with Gasteiger partial charge in [-0.15, -0.1) is 0 Å². The van der Waals surface area contributed by atoms with Crippen LogP contribution in [0.4, 0.5) is 0 Å². The van der Waals surface area contributed by atoms with Gasteiger partial charge in [0, 0.05) is 19.5 Å². The van der Waals surface area contributed by atoms with Crippen LogP contribution in [0.1, 0.15) is 25.5 Å². The first kappa shape index (κ1) is 17.4. The standard InChI is InChI=1S/C18H22N2O5/c1-5-25-17(23)18(2)13-12(15(21)20(3)16(13)22)14(19-18)10-6-8-11(24-4)9-7-10/h6-9,12-14,19H,5H2,1-4H3/p+1/t12-,13+,14-,18+/m0/s1. The number of amides is 2. The third kappa shape index (κ3) is 2.50. The number of carbonyl (C=O) groups excluding carboxylic acids is 3. The molecule has 2 aliphatic rings. The first-order valence-corrected chi connectivity index (χ1v) is 8.33. The molecule has 2 saturated heterocycles.